The molecule has 0 saturated carbocycles. The maximum atomic E-state index is 12.3. The highest BCUT2D eigenvalue weighted by atomic mass is 32.2. The topological polar surface area (TPSA) is 72.0 Å². The van der Waals surface area contributed by atoms with Crippen molar-refractivity contribution in [1.29, 1.82) is 0 Å². The number of hydrogen-bond donors (Lipinski definition) is 1. The standard InChI is InChI=1S/C16H17N3O2S3/c1-9(2)7-22-15-18-19-16(24-15)23-8-13(20)10-3-4-12-11(5-10)6-14(21)17-12/h3-5,9H,6-8H2,1-2H3,(H,17,21). The summed E-state index contributed by atoms with van der Waals surface area (Å²) in [6, 6.07) is 5.36. The van der Waals surface area contributed by atoms with E-state index in [1.807, 2.05) is 0 Å². The molecule has 0 radical (unpaired) electrons. The number of anilines is 1. The van der Waals surface area contributed by atoms with Crippen LogP contribution < -0.4 is 5.32 Å². The quantitative estimate of drug-likeness (QED) is 0.583. The molecule has 1 aromatic carbocycles. The smallest absolute Gasteiger partial charge is 0.228 e. The largest absolute Gasteiger partial charge is 0.326 e. The lowest BCUT2D eigenvalue weighted by Gasteiger charge is -2.02. The number of amides is 1. The minimum absolute atomic E-state index is 0.0238. The number of ketones is 1. The first-order valence-electron chi connectivity index (χ1n) is 7.56. The van der Waals surface area contributed by atoms with Gasteiger partial charge in [-0.15, -0.1) is 10.2 Å². The van der Waals surface area contributed by atoms with Crippen molar-refractivity contribution in [3.8, 4) is 0 Å². The summed E-state index contributed by atoms with van der Waals surface area (Å²) >= 11 is 4.64. The number of rotatable bonds is 7. The van der Waals surface area contributed by atoms with Gasteiger partial charge in [-0.25, -0.2) is 0 Å². The third kappa shape index (κ3) is 4.37. The molecule has 1 aromatic heterocycles. The van der Waals surface area contributed by atoms with Crippen LogP contribution in [0.1, 0.15) is 29.8 Å². The molecular weight excluding hydrogens is 362 g/mol. The summed E-state index contributed by atoms with van der Waals surface area (Å²) in [4.78, 5) is 23.7. The van der Waals surface area contributed by atoms with Gasteiger partial charge in [0.2, 0.25) is 5.91 Å². The van der Waals surface area contributed by atoms with Gasteiger partial charge in [-0.05, 0) is 29.7 Å². The molecule has 2 heterocycles. The van der Waals surface area contributed by atoms with E-state index in [0.717, 1.165) is 25.7 Å². The monoisotopic (exact) mass is 379 g/mol. The summed E-state index contributed by atoms with van der Waals surface area (Å²) < 4.78 is 1.76. The zero-order chi connectivity index (χ0) is 17.1. The van der Waals surface area contributed by atoms with Crippen LogP contribution in [0.3, 0.4) is 0 Å². The first-order valence-corrected chi connectivity index (χ1v) is 10.3. The van der Waals surface area contributed by atoms with Gasteiger partial charge >= 0.3 is 0 Å². The Morgan fingerprint density at radius 2 is 2.04 bits per heavy atom. The molecule has 24 heavy (non-hydrogen) atoms. The average molecular weight is 380 g/mol. The molecule has 1 aliphatic rings. The van der Waals surface area contributed by atoms with Gasteiger partial charge in [-0.3, -0.25) is 9.59 Å². The van der Waals surface area contributed by atoms with Crippen molar-refractivity contribution in [2.45, 2.75) is 28.9 Å². The van der Waals surface area contributed by atoms with Gasteiger partial charge in [0.15, 0.2) is 14.5 Å². The van der Waals surface area contributed by atoms with Crippen molar-refractivity contribution in [2.75, 3.05) is 16.8 Å². The van der Waals surface area contributed by atoms with Crippen LogP contribution in [-0.4, -0.2) is 33.4 Å². The van der Waals surface area contributed by atoms with Gasteiger partial charge in [-0.2, -0.15) is 0 Å². The number of aromatic nitrogens is 2. The summed E-state index contributed by atoms with van der Waals surface area (Å²) in [7, 11) is 0. The molecule has 1 amide bonds. The van der Waals surface area contributed by atoms with Crippen LogP contribution in [0.5, 0.6) is 0 Å². The van der Waals surface area contributed by atoms with Crippen molar-refractivity contribution in [2.24, 2.45) is 5.92 Å². The zero-order valence-corrected chi connectivity index (χ0v) is 15.8. The average Bonchev–Trinajstić information content (AvgIpc) is 3.14. The molecule has 1 aliphatic heterocycles. The number of nitrogens with one attached hydrogen (secondary N) is 1. The zero-order valence-electron chi connectivity index (χ0n) is 13.4. The minimum atomic E-state index is -0.0238. The number of Topliss-reactive ketones (excluding diaryl/α,β-unsaturated/α-hetero) is 1. The maximum Gasteiger partial charge on any atom is 0.228 e. The van der Waals surface area contributed by atoms with E-state index in [9.17, 15) is 9.59 Å². The summed E-state index contributed by atoms with van der Waals surface area (Å²) in [5.74, 6) is 1.96. The molecule has 8 heteroatoms. The van der Waals surface area contributed by atoms with E-state index < -0.39 is 0 Å². The lowest BCUT2D eigenvalue weighted by atomic mass is 10.1. The molecule has 0 unspecified atom stereocenters. The molecule has 1 N–H and O–H groups in total. The molecule has 0 aliphatic carbocycles. The van der Waals surface area contributed by atoms with Crippen molar-refractivity contribution >= 4 is 52.2 Å². The Morgan fingerprint density at radius 3 is 2.79 bits per heavy atom. The van der Waals surface area contributed by atoms with E-state index in [4.69, 9.17) is 0 Å². The van der Waals surface area contributed by atoms with E-state index in [-0.39, 0.29) is 11.7 Å². The van der Waals surface area contributed by atoms with E-state index in [1.54, 1.807) is 30.0 Å². The van der Waals surface area contributed by atoms with Crippen molar-refractivity contribution < 1.29 is 9.59 Å². The third-order valence-corrected chi connectivity index (χ3v) is 6.92. The molecule has 0 atom stereocenters. The molecule has 2 aromatic rings. The third-order valence-electron chi connectivity index (χ3n) is 3.31. The summed E-state index contributed by atoms with van der Waals surface area (Å²) in [5.41, 5.74) is 2.33. The molecule has 0 bridgehead atoms. The van der Waals surface area contributed by atoms with E-state index in [0.29, 0.717) is 23.7 Å². The number of hydrogen-bond acceptors (Lipinski definition) is 7. The highest BCUT2D eigenvalue weighted by molar-refractivity contribution is 8.03. The van der Waals surface area contributed by atoms with Gasteiger partial charge in [0, 0.05) is 17.0 Å². The highest BCUT2D eigenvalue weighted by Gasteiger charge is 2.19. The second kappa shape index (κ2) is 7.67. The summed E-state index contributed by atoms with van der Waals surface area (Å²) in [6.07, 6.45) is 0.344. The molecule has 5 nitrogen and oxygen atoms in total. The molecular formula is C16H17N3O2S3. The van der Waals surface area contributed by atoms with Gasteiger partial charge in [0.05, 0.1) is 12.2 Å². The van der Waals surface area contributed by atoms with Crippen molar-refractivity contribution in [1.82, 2.24) is 10.2 Å². The van der Waals surface area contributed by atoms with Crippen molar-refractivity contribution in [3.63, 3.8) is 0 Å². The number of benzene rings is 1. The second-order valence-electron chi connectivity index (χ2n) is 5.85. The fourth-order valence-corrected chi connectivity index (χ4v) is 5.06. The number of nitrogens with zero attached hydrogens (tertiary/aromatic N) is 2. The normalized spacial score (nSPS) is 13.2. The Hall–Kier alpha value is -1.38. The van der Waals surface area contributed by atoms with Crippen molar-refractivity contribution in [3.05, 3.63) is 29.3 Å². The van der Waals surface area contributed by atoms with Crippen LogP contribution in [0.25, 0.3) is 0 Å². The molecule has 3 rings (SSSR count). The maximum absolute atomic E-state index is 12.3. The Labute approximate surface area is 153 Å². The predicted octanol–water partition coefficient (Wildman–Crippen LogP) is 3.76. The number of carbonyl (C=O) groups is 2. The predicted molar refractivity (Wildman–Crippen MR) is 99.3 cm³/mol. The first kappa shape index (κ1) is 17.4. The van der Waals surface area contributed by atoms with Gasteiger partial charge < -0.3 is 5.32 Å². The lowest BCUT2D eigenvalue weighted by Crippen LogP contribution is -2.03. The van der Waals surface area contributed by atoms with E-state index >= 15 is 0 Å². The van der Waals surface area contributed by atoms with Crippen LogP contribution in [-0.2, 0) is 11.2 Å². The van der Waals surface area contributed by atoms with Crippen LogP contribution in [0.4, 0.5) is 5.69 Å². The molecule has 0 saturated heterocycles. The number of carbonyl (C=O) groups excluding carboxylic acids is 2. The highest BCUT2D eigenvalue weighted by Crippen LogP contribution is 2.30. The van der Waals surface area contributed by atoms with Crippen LogP contribution in [0.15, 0.2) is 26.9 Å². The lowest BCUT2D eigenvalue weighted by molar-refractivity contribution is -0.115. The Kier molecular flexibility index (Phi) is 5.57. The number of thioether (sulfide) groups is 2. The van der Waals surface area contributed by atoms with E-state index in [1.165, 1.54) is 23.1 Å². The molecule has 0 fully saturated rings. The SMILES string of the molecule is CC(C)CSc1nnc(SCC(=O)c2ccc3c(c2)CC(=O)N3)s1. The van der Waals surface area contributed by atoms with Gasteiger partial charge in [0.25, 0.3) is 0 Å². The van der Waals surface area contributed by atoms with Gasteiger partial charge in [-0.1, -0.05) is 48.7 Å². The van der Waals surface area contributed by atoms with Crippen LogP contribution in [0.2, 0.25) is 0 Å². The van der Waals surface area contributed by atoms with Gasteiger partial charge in [0.1, 0.15) is 0 Å². The molecule has 126 valence electrons. The minimum Gasteiger partial charge on any atom is -0.326 e. The first-order chi connectivity index (χ1) is 11.5. The van der Waals surface area contributed by atoms with Crippen LogP contribution >= 0.6 is 34.9 Å². The summed E-state index contributed by atoms with van der Waals surface area (Å²) in [6.45, 7) is 4.34. The Balaban J connectivity index is 1.56. The number of fused-ring (bicyclic) bond motifs is 1. The fourth-order valence-electron chi connectivity index (χ4n) is 2.17. The fraction of sp³-hybridized carbons (Fsp3) is 0.375. The molecule has 0 spiro atoms. The Morgan fingerprint density at radius 1 is 1.29 bits per heavy atom. The van der Waals surface area contributed by atoms with Crippen LogP contribution in [0, 0.1) is 5.92 Å². The second-order valence-corrected chi connectivity index (χ2v) is 9.31. The Bertz CT molecular complexity index is 774. The summed E-state index contributed by atoms with van der Waals surface area (Å²) in [5, 5.41) is 11.0. The van der Waals surface area contributed by atoms with E-state index in [2.05, 4.69) is 29.4 Å².